The first-order chi connectivity index (χ1) is 16.0. The van der Waals surface area contributed by atoms with Gasteiger partial charge in [-0.3, -0.25) is 9.59 Å². The number of methoxy groups -OCH3 is 3. The number of aromatic amines is 1. The van der Waals surface area contributed by atoms with Gasteiger partial charge >= 0.3 is 5.97 Å². The van der Waals surface area contributed by atoms with E-state index in [0.717, 1.165) is 11.1 Å². The first kappa shape index (κ1) is 22.3. The number of hydrogen-bond donors (Lipinski definition) is 1. The monoisotopic (exact) mass is 466 g/mol. The molecule has 33 heavy (non-hydrogen) atoms. The summed E-state index contributed by atoms with van der Waals surface area (Å²) >= 11 is 1.37. The predicted octanol–water partition coefficient (Wildman–Crippen LogP) is 3.96. The van der Waals surface area contributed by atoms with Crippen molar-refractivity contribution in [2.45, 2.75) is 13.0 Å². The van der Waals surface area contributed by atoms with Crippen LogP contribution in [0.5, 0.6) is 17.2 Å². The molecule has 0 saturated heterocycles. The zero-order chi connectivity index (χ0) is 23.4. The Balaban J connectivity index is 1.49. The highest BCUT2D eigenvalue weighted by molar-refractivity contribution is 7.17. The lowest BCUT2D eigenvalue weighted by Gasteiger charge is -2.14. The second-order valence-electron chi connectivity index (χ2n) is 7.08. The fraction of sp³-hybridized carbons (Fsp3) is 0.208. The number of fused-ring (bicyclic) bond motifs is 1. The summed E-state index contributed by atoms with van der Waals surface area (Å²) in [6.07, 6.45) is -0.0135. The molecule has 0 aliphatic rings. The lowest BCUT2D eigenvalue weighted by atomic mass is 10.1. The van der Waals surface area contributed by atoms with Gasteiger partial charge in [0, 0.05) is 10.9 Å². The van der Waals surface area contributed by atoms with E-state index in [0.29, 0.717) is 33.0 Å². The largest absolute Gasteiger partial charge is 0.493 e. The van der Waals surface area contributed by atoms with Crippen LogP contribution in [0.2, 0.25) is 0 Å². The van der Waals surface area contributed by atoms with Gasteiger partial charge in [0.15, 0.2) is 11.5 Å². The Morgan fingerprint density at radius 2 is 1.73 bits per heavy atom. The smallest absolute Gasteiger partial charge is 0.310 e. The zero-order valence-corrected chi connectivity index (χ0v) is 19.2. The summed E-state index contributed by atoms with van der Waals surface area (Å²) in [4.78, 5) is 32.9. The minimum atomic E-state index is -0.483. The fourth-order valence-electron chi connectivity index (χ4n) is 3.50. The number of carbonyl (C=O) groups excluding carboxylic acids is 1. The van der Waals surface area contributed by atoms with Crippen molar-refractivity contribution in [3.05, 3.63) is 69.6 Å². The molecule has 4 aromatic rings. The molecule has 1 N–H and O–H groups in total. The Morgan fingerprint density at radius 3 is 2.36 bits per heavy atom. The molecular formula is C24H22N2O6S. The standard InChI is InChI=1S/C24H22N2O6S/c1-29-17-9-14(10-18(30-2)22(17)31-3)11-20(27)32-12-19-25-23(28)21-16(13-33-24(21)26-19)15-7-5-4-6-8-15/h4-10,13H,11-12H2,1-3H3,(H,25,26,28). The Hall–Kier alpha value is -3.85. The third-order valence-electron chi connectivity index (χ3n) is 5.02. The van der Waals surface area contributed by atoms with Crippen LogP contribution in [-0.2, 0) is 22.6 Å². The lowest BCUT2D eigenvalue weighted by molar-refractivity contribution is -0.144. The molecule has 2 aromatic heterocycles. The number of ether oxygens (including phenoxy) is 4. The summed E-state index contributed by atoms with van der Waals surface area (Å²) in [7, 11) is 4.52. The molecule has 0 bridgehead atoms. The lowest BCUT2D eigenvalue weighted by Crippen LogP contribution is -2.15. The van der Waals surface area contributed by atoms with E-state index in [9.17, 15) is 9.59 Å². The van der Waals surface area contributed by atoms with Crippen molar-refractivity contribution >= 4 is 27.5 Å². The summed E-state index contributed by atoms with van der Waals surface area (Å²) in [6.45, 7) is -0.146. The zero-order valence-electron chi connectivity index (χ0n) is 18.3. The molecule has 0 fully saturated rings. The Labute approximate surface area is 193 Å². The van der Waals surface area contributed by atoms with Crippen LogP contribution >= 0.6 is 11.3 Å². The van der Waals surface area contributed by atoms with Crippen molar-refractivity contribution in [2.24, 2.45) is 0 Å². The number of thiophene rings is 1. The Kier molecular flexibility index (Phi) is 6.60. The van der Waals surface area contributed by atoms with E-state index in [1.807, 2.05) is 35.7 Å². The van der Waals surface area contributed by atoms with Gasteiger partial charge in [0.1, 0.15) is 17.3 Å². The van der Waals surface area contributed by atoms with Crippen LogP contribution in [0.4, 0.5) is 0 Å². The van der Waals surface area contributed by atoms with Crippen LogP contribution in [0, 0.1) is 0 Å². The van der Waals surface area contributed by atoms with Crippen LogP contribution in [0.3, 0.4) is 0 Å². The normalized spacial score (nSPS) is 10.8. The molecular weight excluding hydrogens is 444 g/mol. The minimum Gasteiger partial charge on any atom is -0.493 e. The number of benzene rings is 2. The molecule has 0 radical (unpaired) electrons. The van der Waals surface area contributed by atoms with Gasteiger partial charge < -0.3 is 23.9 Å². The van der Waals surface area contributed by atoms with Crippen LogP contribution in [0.15, 0.2) is 52.6 Å². The second-order valence-corrected chi connectivity index (χ2v) is 7.94. The molecule has 0 amide bonds. The summed E-state index contributed by atoms with van der Waals surface area (Å²) in [6, 6.07) is 13.0. The van der Waals surface area contributed by atoms with Crippen LogP contribution in [-0.4, -0.2) is 37.3 Å². The van der Waals surface area contributed by atoms with Crippen LogP contribution in [0.1, 0.15) is 11.4 Å². The van der Waals surface area contributed by atoms with Gasteiger partial charge in [-0.2, -0.15) is 0 Å². The molecule has 0 unspecified atom stereocenters. The SMILES string of the molecule is COc1cc(CC(=O)OCc2nc3scc(-c4ccccc4)c3c(=O)[nH]2)cc(OC)c1OC. The molecule has 0 atom stereocenters. The third-order valence-corrected chi connectivity index (χ3v) is 5.89. The highest BCUT2D eigenvalue weighted by atomic mass is 32.1. The average molecular weight is 467 g/mol. The number of nitrogens with one attached hydrogen (secondary N) is 1. The van der Waals surface area contributed by atoms with E-state index in [1.54, 1.807) is 12.1 Å². The highest BCUT2D eigenvalue weighted by Crippen LogP contribution is 2.38. The third kappa shape index (κ3) is 4.68. The number of carbonyl (C=O) groups is 1. The van der Waals surface area contributed by atoms with E-state index in [-0.39, 0.29) is 24.4 Å². The quantitative estimate of drug-likeness (QED) is 0.392. The van der Waals surface area contributed by atoms with Crippen LogP contribution < -0.4 is 19.8 Å². The number of esters is 1. The van der Waals surface area contributed by atoms with E-state index < -0.39 is 5.97 Å². The number of rotatable bonds is 8. The average Bonchev–Trinajstić information content (AvgIpc) is 3.27. The summed E-state index contributed by atoms with van der Waals surface area (Å²) < 4.78 is 21.3. The predicted molar refractivity (Wildman–Crippen MR) is 125 cm³/mol. The molecule has 2 aromatic carbocycles. The second kappa shape index (κ2) is 9.74. The van der Waals surface area contributed by atoms with Gasteiger partial charge in [-0.1, -0.05) is 30.3 Å². The summed E-state index contributed by atoms with van der Waals surface area (Å²) in [5.74, 6) is 1.14. The molecule has 0 aliphatic heterocycles. The van der Waals surface area contributed by atoms with E-state index in [2.05, 4.69) is 9.97 Å². The van der Waals surface area contributed by atoms with Gasteiger partial charge in [0.05, 0.1) is 33.1 Å². The van der Waals surface area contributed by atoms with Gasteiger partial charge in [-0.05, 0) is 23.3 Å². The Bertz CT molecular complexity index is 1320. The minimum absolute atomic E-state index is 0.0135. The highest BCUT2D eigenvalue weighted by Gasteiger charge is 2.17. The summed E-state index contributed by atoms with van der Waals surface area (Å²) in [5, 5.41) is 2.43. The number of hydrogen-bond acceptors (Lipinski definition) is 8. The first-order valence-corrected chi connectivity index (χ1v) is 10.9. The molecule has 0 spiro atoms. The maximum Gasteiger partial charge on any atom is 0.310 e. The maximum absolute atomic E-state index is 12.7. The maximum atomic E-state index is 12.7. The van der Waals surface area contributed by atoms with Gasteiger partial charge in [-0.15, -0.1) is 11.3 Å². The van der Waals surface area contributed by atoms with Crippen molar-refractivity contribution in [1.29, 1.82) is 0 Å². The van der Waals surface area contributed by atoms with E-state index in [1.165, 1.54) is 32.7 Å². The van der Waals surface area contributed by atoms with Crippen molar-refractivity contribution in [1.82, 2.24) is 9.97 Å². The molecule has 2 heterocycles. The van der Waals surface area contributed by atoms with Gasteiger partial charge in [0.25, 0.3) is 5.56 Å². The molecule has 9 heteroatoms. The molecule has 170 valence electrons. The van der Waals surface area contributed by atoms with Crippen molar-refractivity contribution < 1.29 is 23.7 Å². The molecule has 4 rings (SSSR count). The van der Waals surface area contributed by atoms with Crippen molar-refractivity contribution in [2.75, 3.05) is 21.3 Å². The molecule has 8 nitrogen and oxygen atoms in total. The topological polar surface area (TPSA) is 99.7 Å². The number of nitrogens with zero attached hydrogens (tertiary/aromatic N) is 1. The Morgan fingerprint density at radius 1 is 1.03 bits per heavy atom. The van der Waals surface area contributed by atoms with E-state index in [4.69, 9.17) is 18.9 Å². The number of H-pyrrole nitrogens is 1. The van der Waals surface area contributed by atoms with Crippen molar-refractivity contribution in [3.63, 3.8) is 0 Å². The van der Waals surface area contributed by atoms with Crippen molar-refractivity contribution in [3.8, 4) is 28.4 Å². The van der Waals surface area contributed by atoms with Crippen LogP contribution in [0.25, 0.3) is 21.3 Å². The first-order valence-electron chi connectivity index (χ1n) is 10.0. The van der Waals surface area contributed by atoms with E-state index >= 15 is 0 Å². The molecule has 0 aliphatic carbocycles. The fourth-order valence-corrected chi connectivity index (χ4v) is 4.46. The van der Waals surface area contributed by atoms with Gasteiger partial charge in [0.2, 0.25) is 5.75 Å². The summed E-state index contributed by atoms with van der Waals surface area (Å²) in [5.41, 5.74) is 2.14. The van der Waals surface area contributed by atoms with Gasteiger partial charge in [-0.25, -0.2) is 4.98 Å². The molecule has 0 saturated carbocycles. The number of aromatic nitrogens is 2.